The zero-order valence-corrected chi connectivity index (χ0v) is 21.7. The zero-order valence-electron chi connectivity index (χ0n) is 21.7. The Morgan fingerprint density at radius 2 is 1.67 bits per heavy atom. The predicted octanol–water partition coefficient (Wildman–Crippen LogP) is 5.55. The van der Waals surface area contributed by atoms with Gasteiger partial charge in [0.1, 0.15) is 11.6 Å². The Morgan fingerprint density at radius 1 is 0.897 bits per heavy atom. The number of hydrogen-bond donors (Lipinski definition) is 1. The molecule has 196 valence electrons. The van der Waals surface area contributed by atoms with Gasteiger partial charge in [0.05, 0.1) is 11.4 Å². The van der Waals surface area contributed by atoms with E-state index in [0.717, 1.165) is 52.8 Å². The van der Waals surface area contributed by atoms with Gasteiger partial charge in [-0.3, -0.25) is 9.69 Å². The molecule has 7 nitrogen and oxygen atoms in total. The highest BCUT2D eigenvalue weighted by Crippen LogP contribution is 2.25. The van der Waals surface area contributed by atoms with E-state index >= 15 is 0 Å². The number of benzene rings is 3. The van der Waals surface area contributed by atoms with Gasteiger partial charge >= 0.3 is 0 Å². The van der Waals surface area contributed by atoms with Crippen molar-refractivity contribution in [1.82, 2.24) is 24.4 Å². The van der Waals surface area contributed by atoms with Gasteiger partial charge < -0.3 is 10.2 Å². The Hall–Kier alpha value is -4.56. The first kappa shape index (κ1) is 24.8. The van der Waals surface area contributed by atoms with E-state index in [2.05, 4.69) is 15.3 Å². The second-order valence-electron chi connectivity index (χ2n) is 9.85. The number of fused-ring (bicyclic) bond motifs is 1. The first-order valence-electron chi connectivity index (χ1n) is 13.1. The van der Waals surface area contributed by atoms with Crippen LogP contribution in [0.15, 0.2) is 91.0 Å². The summed E-state index contributed by atoms with van der Waals surface area (Å²) < 4.78 is 15.3. The molecule has 2 aromatic heterocycles. The molecule has 39 heavy (non-hydrogen) atoms. The maximum Gasteiger partial charge on any atom is 0.253 e. The molecule has 1 amide bonds. The number of hydrogen-bond acceptors (Lipinski definition) is 5. The normalized spacial score (nSPS) is 14.1. The summed E-state index contributed by atoms with van der Waals surface area (Å²) in [6, 6.07) is 28.2. The minimum absolute atomic E-state index is 0.0207. The second-order valence-corrected chi connectivity index (χ2v) is 9.85. The van der Waals surface area contributed by atoms with Crippen LogP contribution in [0.2, 0.25) is 0 Å². The van der Waals surface area contributed by atoms with Crippen LogP contribution in [0.4, 0.5) is 15.9 Å². The molecule has 1 fully saturated rings. The van der Waals surface area contributed by atoms with E-state index in [1.165, 1.54) is 6.07 Å². The number of halogens is 1. The largest absolute Gasteiger partial charge is 0.340 e. The molecule has 0 bridgehead atoms. The van der Waals surface area contributed by atoms with E-state index in [-0.39, 0.29) is 11.7 Å². The molecule has 0 spiro atoms. The smallest absolute Gasteiger partial charge is 0.253 e. The number of aromatic nitrogens is 3. The Morgan fingerprint density at radius 3 is 2.41 bits per heavy atom. The van der Waals surface area contributed by atoms with Crippen molar-refractivity contribution in [3.63, 3.8) is 0 Å². The lowest BCUT2D eigenvalue weighted by molar-refractivity contribution is 0.0628. The molecular weight excluding hydrogens is 491 g/mol. The molecule has 0 aliphatic carbocycles. The Labute approximate surface area is 226 Å². The maximum absolute atomic E-state index is 13.5. The molecule has 0 unspecified atom stereocenters. The summed E-state index contributed by atoms with van der Waals surface area (Å²) in [4.78, 5) is 22.1. The quantitative estimate of drug-likeness (QED) is 0.318. The van der Waals surface area contributed by atoms with Crippen molar-refractivity contribution in [2.45, 2.75) is 13.5 Å². The van der Waals surface area contributed by atoms with Gasteiger partial charge in [-0.1, -0.05) is 42.5 Å². The third-order valence-electron chi connectivity index (χ3n) is 6.98. The third-order valence-corrected chi connectivity index (χ3v) is 6.98. The first-order valence-corrected chi connectivity index (χ1v) is 13.1. The summed E-state index contributed by atoms with van der Waals surface area (Å²) in [5.41, 5.74) is 5.98. The molecule has 1 aliphatic rings. The fourth-order valence-electron chi connectivity index (χ4n) is 4.96. The van der Waals surface area contributed by atoms with Crippen molar-refractivity contribution >= 4 is 23.1 Å². The molecule has 1 saturated heterocycles. The summed E-state index contributed by atoms with van der Waals surface area (Å²) in [7, 11) is 0. The molecule has 8 heteroatoms. The fraction of sp³-hybridized carbons (Fsp3) is 0.194. The lowest BCUT2D eigenvalue weighted by Gasteiger charge is -2.34. The average Bonchev–Trinajstić information content (AvgIpc) is 3.34. The van der Waals surface area contributed by atoms with E-state index < -0.39 is 0 Å². The van der Waals surface area contributed by atoms with Crippen LogP contribution >= 0.6 is 0 Å². The van der Waals surface area contributed by atoms with E-state index in [4.69, 9.17) is 4.98 Å². The van der Waals surface area contributed by atoms with Crippen LogP contribution in [-0.4, -0.2) is 56.5 Å². The van der Waals surface area contributed by atoms with Gasteiger partial charge in [-0.25, -0.2) is 9.37 Å². The van der Waals surface area contributed by atoms with Gasteiger partial charge in [-0.2, -0.15) is 9.61 Å². The monoisotopic (exact) mass is 520 g/mol. The van der Waals surface area contributed by atoms with E-state index in [1.54, 1.807) is 16.6 Å². The predicted molar refractivity (Wildman–Crippen MR) is 150 cm³/mol. The van der Waals surface area contributed by atoms with E-state index in [9.17, 15) is 9.18 Å². The van der Waals surface area contributed by atoms with Crippen molar-refractivity contribution < 1.29 is 9.18 Å². The molecule has 1 aliphatic heterocycles. The van der Waals surface area contributed by atoms with Crippen LogP contribution in [0.25, 0.3) is 16.9 Å². The van der Waals surface area contributed by atoms with Crippen molar-refractivity contribution in [3.05, 3.63) is 114 Å². The van der Waals surface area contributed by atoms with Gasteiger partial charge in [0.25, 0.3) is 5.91 Å². The molecule has 5 aromatic rings. The average molecular weight is 521 g/mol. The molecule has 0 radical (unpaired) electrons. The van der Waals surface area contributed by atoms with Gasteiger partial charge in [-0.05, 0) is 48.9 Å². The highest BCUT2D eigenvalue weighted by molar-refractivity contribution is 5.94. The van der Waals surface area contributed by atoms with E-state index in [1.807, 2.05) is 84.6 Å². The number of nitrogens with one attached hydrogen (secondary N) is 1. The van der Waals surface area contributed by atoms with Crippen molar-refractivity contribution in [1.29, 1.82) is 0 Å². The number of piperazine rings is 1. The van der Waals surface area contributed by atoms with Crippen LogP contribution in [-0.2, 0) is 6.54 Å². The minimum Gasteiger partial charge on any atom is -0.340 e. The lowest BCUT2D eigenvalue weighted by atomic mass is 10.1. The van der Waals surface area contributed by atoms with Gasteiger partial charge in [-0.15, -0.1) is 0 Å². The highest BCUT2D eigenvalue weighted by atomic mass is 19.1. The molecular formula is C31H29FN6O. The van der Waals surface area contributed by atoms with Gasteiger partial charge in [0, 0.05) is 61.7 Å². The Bertz CT molecular complexity index is 1610. The number of rotatable bonds is 6. The first-order chi connectivity index (χ1) is 19.0. The van der Waals surface area contributed by atoms with Crippen molar-refractivity contribution in [2.75, 3.05) is 31.5 Å². The lowest BCUT2D eigenvalue weighted by Crippen LogP contribution is -2.48. The molecule has 1 N–H and O–H groups in total. The standard InChI is InChI=1S/C31H29FN6O/c1-22-18-29-34-28(24-7-3-2-4-8-24)20-30(38(29)35-22)33-27-12-10-25(11-13-27)31(39)37-16-14-36(15-17-37)21-23-6-5-9-26(32)19-23/h2-13,18-20,33H,14-17,21H2,1H3. The molecule has 3 heterocycles. The summed E-state index contributed by atoms with van der Waals surface area (Å²) in [6.07, 6.45) is 0. The number of carbonyl (C=O) groups is 1. The molecule has 0 saturated carbocycles. The molecule has 0 atom stereocenters. The van der Waals surface area contributed by atoms with Crippen LogP contribution in [0.1, 0.15) is 21.6 Å². The third kappa shape index (κ3) is 5.51. The fourth-order valence-corrected chi connectivity index (χ4v) is 4.96. The van der Waals surface area contributed by atoms with E-state index in [0.29, 0.717) is 25.2 Å². The Balaban J connectivity index is 1.13. The number of nitrogens with zero attached hydrogens (tertiary/aromatic N) is 5. The van der Waals surface area contributed by atoms with Crippen LogP contribution < -0.4 is 5.32 Å². The number of amides is 1. The van der Waals surface area contributed by atoms with Crippen molar-refractivity contribution in [2.24, 2.45) is 0 Å². The summed E-state index contributed by atoms with van der Waals surface area (Å²) in [5, 5.41) is 8.05. The summed E-state index contributed by atoms with van der Waals surface area (Å²) in [5.74, 6) is 0.594. The molecule has 6 rings (SSSR count). The van der Waals surface area contributed by atoms with Gasteiger partial charge in [0.2, 0.25) is 0 Å². The van der Waals surface area contributed by atoms with Crippen LogP contribution in [0.5, 0.6) is 0 Å². The van der Waals surface area contributed by atoms with Crippen LogP contribution in [0.3, 0.4) is 0 Å². The van der Waals surface area contributed by atoms with Crippen molar-refractivity contribution in [3.8, 4) is 11.3 Å². The van der Waals surface area contributed by atoms with Crippen LogP contribution in [0, 0.1) is 12.7 Å². The minimum atomic E-state index is -0.219. The zero-order chi connectivity index (χ0) is 26.8. The Kier molecular flexibility index (Phi) is 6.77. The number of carbonyl (C=O) groups excluding carboxylic acids is 1. The number of aryl methyl sites for hydroxylation is 1. The summed E-state index contributed by atoms with van der Waals surface area (Å²) >= 11 is 0. The topological polar surface area (TPSA) is 65.8 Å². The van der Waals surface area contributed by atoms with Gasteiger partial charge in [0.15, 0.2) is 5.65 Å². The summed E-state index contributed by atoms with van der Waals surface area (Å²) in [6.45, 7) is 5.43. The highest BCUT2D eigenvalue weighted by Gasteiger charge is 2.22. The molecule has 3 aromatic carbocycles. The SMILES string of the molecule is Cc1cc2nc(-c3ccccc3)cc(Nc3ccc(C(=O)N4CCN(Cc5cccc(F)c5)CC4)cc3)n2n1. The number of anilines is 2. The maximum atomic E-state index is 13.5. The second kappa shape index (κ2) is 10.7.